The minimum Gasteiger partial charge on any atom is -0.493 e. The van der Waals surface area contributed by atoms with Gasteiger partial charge in [-0.05, 0) is 42.0 Å². The van der Waals surface area contributed by atoms with Crippen LogP contribution in [0.5, 0.6) is 17.2 Å². The average Bonchev–Trinajstić information content (AvgIpc) is 2.71. The third-order valence-corrected chi connectivity index (χ3v) is 4.13. The molecule has 5 heteroatoms. The normalized spacial score (nSPS) is 11.6. The van der Waals surface area contributed by atoms with Crippen LogP contribution >= 0.6 is 0 Å². The van der Waals surface area contributed by atoms with Crippen molar-refractivity contribution < 1.29 is 19.0 Å². The number of hydrogen-bond acceptors (Lipinski definition) is 4. The molecule has 1 unspecified atom stereocenters. The smallest absolute Gasteiger partial charge is 0.260 e. The highest BCUT2D eigenvalue weighted by Crippen LogP contribution is 2.25. The van der Waals surface area contributed by atoms with Crippen molar-refractivity contribution in [3.63, 3.8) is 0 Å². The van der Waals surface area contributed by atoms with Crippen molar-refractivity contribution >= 4 is 16.7 Å². The quantitative estimate of drug-likeness (QED) is 0.617. The van der Waals surface area contributed by atoms with Crippen molar-refractivity contribution in [2.24, 2.45) is 0 Å². The lowest BCUT2D eigenvalue weighted by Crippen LogP contribution is -2.38. The summed E-state index contributed by atoms with van der Waals surface area (Å²) in [5.74, 6) is 1.79. The summed E-state index contributed by atoms with van der Waals surface area (Å²) in [6.45, 7) is 2.45. The van der Waals surface area contributed by atoms with E-state index in [0.717, 1.165) is 10.8 Å². The van der Waals surface area contributed by atoms with Crippen LogP contribution in [0.3, 0.4) is 0 Å². The van der Waals surface area contributed by atoms with Crippen LogP contribution in [0.25, 0.3) is 10.8 Å². The Labute approximate surface area is 158 Å². The van der Waals surface area contributed by atoms with E-state index in [0.29, 0.717) is 30.4 Å². The largest absolute Gasteiger partial charge is 0.493 e. The SMILES string of the molecule is COc1ccccc1OCCNC(=O)C(C)Oc1ccc2ccccc2c1. The van der Waals surface area contributed by atoms with Gasteiger partial charge in [0.2, 0.25) is 0 Å². The molecule has 3 rings (SSSR count). The summed E-state index contributed by atoms with van der Waals surface area (Å²) in [6, 6.07) is 21.2. The van der Waals surface area contributed by atoms with Crippen LogP contribution < -0.4 is 19.5 Å². The lowest BCUT2D eigenvalue weighted by atomic mass is 10.1. The number of fused-ring (bicyclic) bond motifs is 1. The Bertz CT molecular complexity index is 909. The molecule has 0 aromatic heterocycles. The maximum absolute atomic E-state index is 12.2. The summed E-state index contributed by atoms with van der Waals surface area (Å²) >= 11 is 0. The number of nitrogens with one attached hydrogen (secondary N) is 1. The first-order valence-corrected chi connectivity index (χ1v) is 8.86. The minimum atomic E-state index is -0.600. The van der Waals surface area contributed by atoms with Crippen molar-refractivity contribution in [1.82, 2.24) is 5.32 Å². The van der Waals surface area contributed by atoms with E-state index in [4.69, 9.17) is 14.2 Å². The predicted molar refractivity (Wildman–Crippen MR) is 106 cm³/mol. The van der Waals surface area contributed by atoms with Gasteiger partial charge in [-0.25, -0.2) is 0 Å². The molecule has 0 aliphatic carbocycles. The van der Waals surface area contributed by atoms with E-state index in [9.17, 15) is 4.79 Å². The second kappa shape index (κ2) is 8.94. The first-order valence-electron chi connectivity index (χ1n) is 8.86. The number of amides is 1. The molecule has 3 aromatic carbocycles. The summed E-state index contributed by atoms with van der Waals surface area (Å²) in [7, 11) is 1.59. The molecule has 1 amide bonds. The molecule has 140 valence electrons. The van der Waals surface area contributed by atoms with Crippen LogP contribution in [0.2, 0.25) is 0 Å². The molecule has 0 aliphatic rings. The zero-order valence-corrected chi connectivity index (χ0v) is 15.5. The average molecular weight is 365 g/mol. The van der Waals surface area contributed by atoms with Gasteiger partial charge in [-0.1, -0.05) is 42.5 Å². The highest BCUT2D eigenvalue weighted by atomic mass is 16.5. The molecule has 0 fully saturated rings. The summed E-state index contributed by atoms with van der Waals surface area (Å²) in [5.41, 5.74) is 0. The lowest BCUT2D eigenvalue weighted by Gasteiger charge is -2.16. The molecule has 0 saturated carbocycles. The Hall–Kier alpha value is -3.21. The second-order valence-electron chi connectivity index (χ2n) is 6.06. The fourth-order valence-electron chi connectivity index (χ4n) is 2.72. The monoisotopic (exact) mass is 365 g/mol. The maximum Gasteiger partial charge on any atom is 0.260 e. The molecule has 1 atom stereocenters. The van der Waals surface area contributed by atoms with E-state index >= 15 is 0 Å². The van der Waals surface area contributed by atoms with E-state index in [2.05, 4.69) is 5.32 Å². The van der Waals surface area contributed by atoms with Crippen LogP contribution in [0.1, 0.15) is 6.92 Å². The summed E-state index contributed by atoms with van der Waals surface area (Å²) in [6.07, 6.45) is -0.600. The van der Waals surface area contributed by atoms with Gasteiger partial charge < -0.3 is 19.5 Å². The first-order chi connectivity index (χ1) is 13.2. The van der Waals surface area contributed by atoms with Gasteiger partial charge >= 0.3 is 0 Å². The Morgan fingerprint density at radius 2 is 1.67 bits per heavy atom. The first kappa shape index (κ1) is 18.6. The van der Waals surface area contributed by atoms with E-state index in [1.807, 2.05) is 66.7 Å². The number of hydrogen-bond donors (Lipinski definition) is 1. The van der Waals surface area contributed by atoms with Gasteiger partial charge in [0.25, 0.3) is 5.91 Å². The Morgan fingerprint density at radius 3 is 2.44 bits per heavy atom. The summed E-state index contributed by atoms with van der Waals surface area (Å²) in [5, 5.41) is 5.03. The van der Waals surface area contributed by atoms with Gasteiger partial charge in [-0.2, -0.15) is 0 Å². The van der Waals surface area contributed by atoms with Gasteiger partial charge in [0.1, 0.15) is 12.4 Å². The van der Waals surface area contributed by atoms with Crippen LogP contribution in [-0.4, -0.2) is 32.3 Å². The Balaban J connectivity index is 1.47. The van der Waals surface area contributed by atoms with Crippen molar-refractivity contribution in [2.45, 2.75) is 13.0 Å². The lowest BCUT2D eigenvalue weighted by molar-refractivity contribution is -0.127. The molecule has 1 N–H and O–H groups in total. The Morgan fingerprint density at radius 1 is 0.963 bits per heavy atom. The van der Waals surface area contributed by atoms with Gasteiger partial charge in [0.15, 0.2) is 17.6 Å². The van der Waals surface area contributed by atoms with E-state index in [1.165, 1.54) is 0 Å². The van der Waals surface area contributed by atoms with Gasteiger partial charge in [-0.3, -0.25) is 4.79 Å². The molecule has 0 saturated heterocycles. The Kier molecular flexibility index (Phi) is 6.15. The minimum absolute atomic E-state index is 0.188. The molecule has 0 aliphatic heterocycles. The van der Waals surface area contributed by atoms with Gasteiger partial charge in [0.05, 0.1) is 13.7 Å². The number of rotatable bonds is 8. The van der Waals surface area contributed by atoms with E-state index in [-0.39, 0.29) is 5.91 Å². The van der Waals surface area contributed by atoms with Crippen LogP contribution in [-0.2, 0) is 4.79 Å². The predicted octanol–water partition coefficient (Wildman–Crippen LogP) is 3.81. The zero-order chi connectivity index (χ0) is 19.1. The zero-order valence-electron chi connectivity index (χ0n) is 15.5. The molecular weight excluding hydrogens is 342 g/mol. The molecule has 27 heavy (non-hydrogen) atoms. The maximum atomic E-state index is 12.2. The summed E-state index contributed by atoms with van der Waals surface area (Å²) < 4.78 is 16.6. The number of benzene rings is 3. The number of ether oxygens (including phenoxy) is 3. The van der Waals surface area contributed by atoms with Crippen LogP contribution in [0, 0.1) is 0 Å². The van der Waals surface area contributed by atoms with Crippen LogP contribution in [0.15, 0.2) is 66.7 Å². The standard InChI is InChI=1S/C22H23NO4/c1-16(27-19-12-11-17-7-3-4-8-18(17)15-19)22(24)23-13-14-26-21-10-6-5-9-20(21)25-2/h3-12,15-16H,13-14H2,1-2H3,(H,23,24). The third kappa shape index (κ3) is 4.91. The topological polar surface area (TPSA) is 56.8 Å². The highest BCUT2D eigenvalue weighted by molar-refractivity contribution is 5.84. The fraction of sp³-hybridized carbons (Fsp3) is 0.227. The molecule has 5 nitrogen and oxygen atoms in total. The van der Waals surface area contributed by atoms with Crippen LogP contribution in [0.4, 0.5) is 0 Å². The molecule has 0 bridgehead atoms. The van der Waals surface area contributed by atoms with E-state index < -0.39 is 6.10 Å². The highest BCUT2D eigenvalue weighted by Gasteiger charge is 2.14. The molecular formula is C22H23NO4. The number of carbonyl (C=O) groups is 1. The van der Waals surface area contributed by atoms with E-state index in [1.54, 1.807) is 14.0 Å². The second-order valence-corrected chi connectivity index (χ2v) is 6.06. The third-order valence-electron chi connectivity index (χ3n) is 4.13. The van der Waals surface area contributed by atoms with Gasteiger partial charge in [0, 0.05) is 0 Å². The fourth-order valence-corrected chi connectivity index (χ4v) is 2.72. The van der Waals surface area contributed by atoms with Crippen molar-refractivity contribution in [2.75, 3.05) is 20.3 Å². The molecule has 0 radical (unpaired) electrons. The van der Waals surface area contributed by atoms with Crippen molar-refractivity contribution in [1.29, 1.82) is 0 Å². The van der Waals surface area contributed by atoms with Crippen molar-refractivity contribution in [3.8, 4) is 17.2 Å². The van der Waals surface area contributed by atoms with Crippen molar-refractivity contribution in [3.05, 3.63) is 66.7 Å². The number of carbonyl (C=O) groups excluding carboxylic acids is 1. The number of methoxy groups -OCH3 is 1. The molecule has 3 aromatic rings. The van der Waals surface area contributed by atoms with Gasteiger partial charge in [-0.15, -0.1) is 0 Å². The number of para-hydroxylation sites is 2. The summed E-state index contributed by atoms with van der Waals surface area (Å²) in [4.78, 5) is 12.2. The molecule has 0 spiro atoms. The molecule has 0 heterocycles.